The van der Waals surface area contributed by atoms with Gasteiger partial charge in [-0.05, 0) is 36.8 Å². The number of amides is 1. The summed E-state index contributed by atoms with van der Waals surface area (Å²) in [6.07, 6.45) is 0. The van der Waals surface area contributed by atoms with E-state index in [1.165, 1.54) is 0 Å². The van der Waals surface area contributed by atoms with Gasteiger partial charge in [-0.15, -0.1) is 0 Å². The quantitative estimate of drug-likeness (QED) is 0.777. The number of benzene rings is 2. The fourth-order valence-corrected chi connectivity index (χ4v) is 2.36. The number of hydrogen-bond donors (Lipinski definition) is 2. The van der Waals surface area contributed by atoms with Gasteiger partial charge in [-0.3, -0.25) is 10.2 Å². The third-order valence-electron chi connectivity index (χ3n) is 3.52. The zero-order valence-corrected chi connectivity index (χ0v) is 12.8. The third-order valence-corrected chi connectivity index (χ3v) is 3.52. The molecule has 2 N–H and O–H groups in total. The smallest absolute Gasteiger partial charge is 0.261 e. The van der Waals surface area contributed by atoms with Crippen LogP contribution >= 0.6 is 0 Å². The number of aryl methyl sites for hydroxylation is 1. The van der Waals surface area contributed by atoms with Crippen LogP contribution < -0.4 is 15.6 Å². The van der Waals surface area contributed by atoms with Crippen molar-refractivity contribution in [3.8, 4) is 5.75 Å². The third kappa shape index (κ3) is 2.94. The Labute approximate surface area is 133 Å². The molecule has 0 spiro atoms. The minimum Gasteiger partial charge on any atom is -0.495 e. The predicted molar refractivity (Wildman–Crippen MR) is 87.8 cm³/mol. The van der Waals surface area contributed by atoms with Crippen LogP contribution in [0.1, 0.15) is 15.9 Å². The van der Waals surface area contributed by atoms with Crippen molar-refractivity contribution >= 4 is 22.6 Å². The Morgan fingerprint density at radius 3 is 2.74 bits per heavy atom. The lowest BCUT2D eigenvalue weighted by atomic mass is 10.1. The topological polar surface area (TPSA) is 75.3 Å². The Bertz CT molecular complexity index is 944. The van der Waals surface area contributed by atoms with Gasteiger partial charge in [0, 0.05) is 5.39 Å². The number of methoxy groups -OCH3 is 1. The van der Waals surface area contributed by atoms with Gasteiger partial charge in [0.05, 0.1) is 12.8 Å². The zero-order valence-electron chi connectivity index (χ0n) is 12.8. The van der Waals surface area contributed by atoms with Gasteiger partial charge in [-0.1, -0.05) is 24.3 Å². The molecule has 1 heterocycles. The molecule has 0 fully saturated rings. The molecule has 3 rings (SSSR count). The first-order valence-corrected chi connectivity index (χ1v) is 7.12. The second-order valence-corrected chi connectivity index (χ2v) is 5.18. The molecule has 1 aromatic heterocycles. The van der Waals surface area contributed by atoms with Gasteiger partial charge in [-0.25, -0.2) is 0 Å². The Kier molecular flexibility index (Phi) is 3.85. The molecule has 0 unspecified atom stereocenters. The van der Waals surface area contributed by atoms with E-state index < -0.39 is 5.91 Å². The first kappa shape index (κ1) is 14.8. The summed E-state index contributed by atoms with van der Waals surface area (Å²) in [6.45, 7) is 1.93. The van der Waals surface area contributed by atoms with Gasteiger partial charge in [-0.2, -0.15) is 0 Å². The monoisotopic (exact) mass is 308 g/mol. The molecule has 5 nitrogen and oxygen atoms in total. The van der Waals surface area contributed by atoms with Gasteiger partial charge >= 0.3 is 0 Å². The maximum absolute atomic E-state index is 12.5. The van der Waals surface area contributed by atoms with Crippen molar-refractivity contribution in [2.24, 2.45) is 0 Å². The van der Waals surface area contributed by atoms with Crippen molar-refractivity contribution in [3.63, 3.8) is 0 Å². The Morgan fingerprint density at radius 1 is 1.17 bits per heavy atom. The van der Waals surface area contributed by atoms with E-state index in [4.69, 9.17) is 14.6 Å². The summed E-state index contributed by atoms with van der Waals surface area (Å²) in [5.74, 6) is 0.154. The molecule has 0 bridgehead atoms. The zero-order chi connectivity index (χ0) is 16.4. The first-order chi connectivity index (χ1) is 11.1. The molecule has 1 amide bonds. The fraction of sp³-hybridized carbons (Fsp3) is 0.111. The number of nitrogens with one attached hydrogen (secondary N) is 2. The van der Waals surface area contributed by atoms with Crippen LogP contribution in [0, 0.1) is 12.3 Å². The molecule has 3 aromatic rings. The van der Waals surface area contributed by atoms with Crippen LogP contribution in [0.3, 0.4) is 0 Å². The number of anilines is 1. The van der Waals surface area contributed by atoms with E-state index in [0.717, 1.165) is 10.9 Å². The number of para-hydroxylation sites is 1. The van der Waals surface area contributed by atoms with Crippen LogP contribution in [-0.2, 0) is 0 Å². The molecule has 23 heavy (non-hydrogen) atoms. The van der Waals surface area contributed by atoms with Crippen molar-refractivity contribution in [1.82, 2.24) is 0 Å². The SMILES string of the molecule is COc1ccc(C)cc1NC(=O)c1cc2ccccc2oc1=N. The highest BCUT2D eigenvalue weighted by Gasteiger charge is 2.14. The Morgan fingerprint density at radius 2 is 1.96 bits per heavy atom. The molecule has 0 atom stereocenters. The fourth-order valence-electron chi connectivity index (χ4n) is 2.36. The molecule has 0 saturated carbocycles. The van der Waals surface area contributed by atoms with Crippen LogP contribution in [0.15, 0.2) is 52.9 Å². The molecule has 116 valence electrons. The molecular formula is C18H16N2O3. The molecule has 0 aliphatic rings. The maximum Gasteiger partial charge on any atom is 0.261 e. The second-order valence-electron chi connectivity index (χ2n) is 5.18. The molecule has 2 aromatic carbocycles. The number of carbonyl (C=O) groups is 1. The van der Waals surface area contributed by atoms with E-state index in [9.17, 15) is 4.79 Å². The minimum atomic E-state index is -0.409. The molecule has 0 aliphatic carbocycles. The lowest BCUT2D eigenvalue weighted by Gasteiger charge is -2.11. The van der Waals surface area contributed by atoms with E-state index in [1.54, 1.807) is 25.3 Å². The largest absolute Gasteiger partial charge is 0.495 e. The minimum absolute atomic E-state index is 0.173. The van der Waals surface area contributed by atoms with Crippen molar-refractivity contribution in [2.75, 3.05) is 12.4 Å². The standard InChI is InChI=1S/C18H16N2O3/c1-11-7-8-16(22-2)14(9-11)20-18(21)13-10-12-5-3-4-6-15(12)23-17(13)19/h3-10,19H,1-2H3,(H,20,21). The highest BCUT2D eigenvalue weighted by molar-refractivity contribution is 6.06. The molecule has 0 radical (unpaired) electrons. The summed E-state index contributed by atoms with van der Waals surface area (Å²) < 4.78 is 10.7. The van der Waals surface area contributed by atoms with Crippen LogP contribution in [-0.4, -0.2) is 13.0 Å². The Hall–Kier alpha value is -3.08. The van der Waals surface area contributed by atoms with Crippen molar-refractivity contribution in [3.05, 3.63) is 65.2 Å². The molecule has 5 heteroatoms. The average Bonchev–Trinajstić information content (AvgIpc) is 2.54. The van der Waals surface area contributed by atoms with Crippen molar-refractivity contribution in [2.45, 2.75) is 6.92 Å². The maximum atomic E-state index is 12.5. The van der Waals surface area contributed by atoms with Crippen molar-refractivity contribution in [1.29, 1.82) is 5.41 Å². The summed E-state index contributed by atoms with van der Waals surface area (Å²) in [4.78, 5) is 12.5. The highest BCUT2D eigenvalue weighted by Crippen LogP contribution is 2.25. The highest BCUT2D eigenvalue weighted by atomic mass is 16.5. The summed E-state index contributed by atoms with van der Waals surface area (Å²) in [5, 5.41) is 11.5. The van der Waals surface area contributed by atoms with Gasteiger partial charge in [0.25, 0.3) is 5.91 Å². The van der Waals surface area contributed by atoms with E-state index >= 15 is 0 Å². The second kappa shape index (κ2) is 5.96. The lowest BCUT2D eigenvalue weighted by Crippen LogP contribution is -2.21. The van der Waals surface area contributed by atoms with Crippen molar-refractivity contribution < 1.29 is 13.9 Å². The average molecular weight is 308 g/mol. The summed E-state index contributed by atoms with van der Waals surface area (Å²) in [7, 11) is 1.54. The number of carbonyl (C=O) groups excluding carboxylic acids is 1. The normalized spacial score (nSPS) is 10.5. The van der Waals surface area contributed by atoms with Crippen LogP contribution in [0.5, 0.6) is 5.75 Å². The summed E-state index contributed by atoms with van der Waals surface area (Å²) in [5.41, 5.74) is 2.13. The van der Waals surface area contributed by atoms with Crippen LogP contribution in [0.25, 0.3) is 11.0 Å². The summed E-state index contributed by atoms with van der Waals surface area (Å²) >= 11 is 0. The molecular weight excluding hydrogens is 292 g/mol. The summed E-state index contributed by atoms with van der Waals surface area (Å²) in [6, 6.07) is 14.4. The number of ether oxygens (including phenoxy) is 1. The van der Waals surface area contributed by atoms with E-state index in [2.05, 4.69) is 5.32 Å². The van der Waals surface area contributed by atoms with Gasteiger partial charge in [0.1, 0.15) is 16.9 Å². The first-order valence-electron chi connectivity index (χ1n) is 7.12. The predicted octanol–water partition coefficient (Wildman–Crippen LogP) is 3.48. The van der Waals surface area contributed by atoms with Crippen LogP contribution in [0.4, 0.5) is 5.69 Å². The van der Waals surface area contributed by atoms with Gasteiger partial charge < -0.3 is 14.5 Å². The van der Waals surface area contributed by atoms with Crippen LogP contribution in [0.2, 0.25) is 0 Å². The lowest BCUT2D eigenvalue weighted by molar-refractivity contribution is 0.102. The molecule has 0 aliphatic heterocycles. The van der Waals surface area contributed by atoms with E-state index in [1.807, 2.05) is 37.3 Å². The van der Waals surface area contributed by atoms with Gasteiger partial charge in [0.2, 0.25) is 5.55 Å². The number of rotatable bonds is 3. The molecule has 0 saturated heterocycles. The van der Waals surface area contributed by atoms with Gasteiger partial charge in [0.15, 0.2) is 0 Å². The number of hydrogen-bond acceptors (Lipinski definition) is 4. The van der Waals surface area contributed by atoms with E-state index in [-0.39, 0.29) is 11.1 Å². The Balaban J connectivity index is 2.00. The number of fused-ring (bicyclic) bond motifs is 1. The van der Waals surface area contributed by atoms with E-state index in [0.29, 0.717) is 17.0 Å².